The number of nitrogens with one attached hydrogen (secondary N) is 1. The lowest BCUT2D eigenvalue weighted by Gasteiger charge is -2.14. The number of rotatable bonds is 4. The average Bonchev–Trinajstić information content (AvgIpc) is 2.65. The zero-order valence-corrected chi connectivity index (χ0v) is 11.0. The summed E-state index contributed by atoms with van der Waals surface area (Å²) < 4.78 is 2.77. The van der Waals surface area contributed by atoms with Gasteiger partial charge in [-0.1, -0.05) is 13.3 Å². The van der Waals surface area contributed by atoms with Crippen LogP contribution in [0.25, 0.3) is 5.65 Å². The van der Waals surface area contributed by atoms with Crippen molar-refractivity contribution in [2.75, 3.05) is 5.32 Å². The summed E-state index contributed by atoms with van der Waals surface area (Å²) in [6.07, 6.45) is 7.88. The van der Waals surface area contributed by atoms with E-state index in [9.17, 15) is 0 Å². The smallest absolute Gasteiger partial charge is 0.180 e. The molecule has 0 spiro atoms. The number of nitrogens with zero attached hydrogens (tertiary/aromatic N) is 3. The Balaban J connectivity index is 2.31. The number of hydrogen-bond acceptors (Lipinski definition) is 3. The number of imidazole rings is 1. The Bertz CT molecular complexity index is 480. The van der Waals surface area contributed by atoms with Gasteiger partial charge in [0, 0.05) is 24.6 Å². The molecular formula is C11H15BrN4. The Morgan fingerprint density at radius 2 is 2.38 bits per heavy atom. The summed E-state index contributed by atoms with van der Waals surface area (Å²) in [5, 5.41) is 3.39. The van der Waals surface area contributed by atoms with Crippen LogP contribution in [0.3, 0.4) is 0 Å². The van der Waals surface area contributed by atoms with E-state index < -0.39 is 0 Å². The fourth-order valence-electron chi connectivity index (χ4n) is 1.74. The molecule has 86 valence electrons. The largest absolute Gasteiger partial charge is 0.364 e. The van der Waals surface area contributed by atoms with E-state index in [4.69, 9.17) is 0 Å². The lowest BCUT2D eigenvalue weighted by Crippen LogP contribution is -2.16. The Morgan fingerprint density at radius 1 is 1.56 bits per heavy atom. The normalized spacial score (nSPS) is 12.9. The minimum Gasteiger partial charge on any atom is -0.364 e. The molecule has 0 aliphatic carbocycles. The molecule has 1 atom stereocenters. The molecule has 4 nitrogen and oxygen atoms in total. The van der Waals surface area contributed by atoms with E-state index in [2.05, 4.69) is 45.1 Å². The lowest BCUT2D eigenvalue weighted by atomic mass is 10.2. The van der Waals surface area contributed by atoms with Crippen LogP contribution in [-0.4, -0.2) is 20.4 Å². The monoisotopic (exact) mass is 282 g/mol. The summed E-state index contributed by atoms with van der Waals surface area (Å²) in [5.74, 6) is 0.834. The summed E-state index contributed by atoms with van der Waals surface area (Å²) in [4.78, 5) is 8.71. The second kappa shape index (κ2) is 4.82. The predicted octanol–water partition coefficient (Wildman–Crippen LogP) is 3.09. The summed E-state index contributed by atoms with van der Waals surface area (Å²) in [7, 11) is 0. The van der Waals surface area contributed by atoms with Gasteiger partial charge in [-0.05, 0) is 29.3 Å². The Morgan fingerprint density at radius 3 is 3.12 bits per heavy atom. The third-order valence-corrected chi connectivity index (χ3v) is 2.83. The molecule has 0 fully saturated rings. The van der Waals surface area contributed by atoms with Crippen molar-refractivity contribution in [3.05, 3.63) is 23.2 Å². The molecule has 0 bridgehead atoms. The van der Waals surface area contributed by atoms with Crippen LogP contribution in [0.4, 0.5) is 5.82 Å². The molecule has 0 amide bonds. The van der Waals surface area contributed by atoms with Crippen molar-refractivity contribution in [1.29, 1.82) is 0 Å². The fraction of sp³-hybridized carbons (Fsp3) is 0.455. The van der Waals surface area contributed by atoms with Gasteiger partial charge < -0.3 is 9.72 Å². The molecular weight excluding hydrogens is 268 g/mol. The summed E-state index contributed by atoms with van der Waals surface area (Å²) in [5.41, 5.74) is 0.867. The molecule has 0 aromatic carbocycles. The van der Waals surface area contributed by atoms with Crippen LogP contribution in [0.1, 0.15) is 26.7 Å². The van der Waals surface area contributed by atoms with Gasteiger partial charge in [-0.2, -0.15) is 0 Å². The summed E-state index contributed by atoms with van der Waals surface area (Å²) >= 11 is 3.40. The third kappa shape index (κ3) is 2.35. The predicted molar refractivity (Wildman–Crippen MR) is 68.7 cm³/mol. The first-order valence-corrected chi connectivity index (χ1v) is 6.25. The van der Waals surface area contributed by atoms with Crippen molar-refractivity contribution in [2.45, 2.75) is 32.7 Å². The van der Waals surface area contributed by atoms with Crippen LogP contribution in [0, 0.1) is 0 Å². The van der Waals surface area contributed by atoms with Gasteiger partial charge in [0.05, 0.1) is 0 Å². The number of aromatic nitrogens is 3. The van der Waals surface area contributed by atoms with E-state index in [1.807, 2.05) is 16.8 Å². The highest BCUT2D eigenvalue weighted by Gasteiger charge is 2.08. The topological polar surface area (TPSA) is 42.2 Å². The minimum absolute atomic E-state index is 0.410. The first-order chi connectivity index (χ1) is 7.70. The Labute approximate surface area is 103 Å². The van der Waals surface area contributed by atoms with E-state index in [0.29, 0.717) is 6.04 Å². The molecule has 0 saturated heterocycles. The molecule has 0 radical (unpaired) electrons. The molecule has 2 aromatic rings. The van der Waals surface area contributed by atoms with Gasteiger partial charge in [-0.15, -0.1) is 0 Å². The molecule has 0 aliphatic heterocycles. The average molecular weight is 283 g/mol. The molecule has 2 heterocycles. The number of halogens is 1. The van der Waals surface area contributed by atoms with Crippen molar-refractivity contribution in [3.8, 4) is 0 Å². The molecule has 1 unspecified atom stereocenters. The Hall–Kier alpha value is -1.10. The summed E-state index contributed by atoms with van der Waals surface area (Å²) in [6.45, 7) is 4.34. The zero-order chi connectivity index (χ0) is 11.5. The van der Waals surface area contributed by atoms with Crippen LogP contribution in [-0.2, 0) is 0 Å². The van der Waals surface area contributed by atoms with E-state index in [1.54, 1.807) is 6.20 Å². The second-order valence-electron chi connectivity index (χ2n) is 3.90. The van der Waals surface area contributed by atoms with Crippen molar-refractivity contribution in [3.63, 3.8) is 0 Å². The third-order valence-electron chi connectivity index (χ3n) is 2.45. The van der Waals surface area contributed by atoms with E-state index in [0.717, 1.165) is 28.9 Å². The molecule has 1 N–H and O–H groups in total. The van der Waals surface area contributed by atoms with Crippen LogP contribution < -0.4 is 5.32 Å². The van der Waals surface area contributed by atoms with Crippen molar-refractivity contribution < 1.29 is 0 Å². The van der Waals surface area contributed by atoms with E-state index in [-0.39, 0.29) is 0 Å². The van der Waals surface area contributed by atoms with E-state index >= 15 is 0 Å². The summed E-state index contributed by atoms with van der Waals surface area (Å²) in [6, 6.07) is 0.410. The maximum Gasteiger partial charge on any atom is 0.180 e. The van der Waals surface area contributed by atoms with Gasteiger partial charge in [0.15, 0.2) is 11.5 Å². The molecule has 16 heavy (non-hydrogen) atoms. The minimum atomic E-state index is 0.410. The SMILES string of the molecule is CCCC(C)Nc1nc(Br)cn2ccnc12. The fourth-order valence-corrected chi connectivity index (χ4v) is 2.13. The molecule has 2 rings (SSSR count). The van der Waals surface area contributed by atoms with Crippen molar-refractivity contribution in [1.82, 2.24) is 14.4 Å². The van der Waals surface area contributed by atoms with E-state index in [1.165, 1.54) is 0 Å². The van der Waals surface area contributed by atoms with Gasteiger partial charge in [-0.3, -0.25) is 0 Å². The van der Waals surface area contributed by atoms with Crippen LogP contribution >= 0.6 is 15.9 Å². The molecule has 0 saturated carbocycles. The van der Waals surface area contributed by atoms with Crippen LogP contribution in [0.2, 0.25) is 0 Å². The number of fused-ring (bicyclic) bond motifs is 1. The van der Waals surface area contributed by atoms with Gasteiger partial charge in [0.25, 0.3) is 0 Å². The highest BCUT2D eigenvalue weighted by atomic mass is 79.9. The van der Waals surface area contributed by atoms with Gasteiger partial charge in [0.2, 0.25) is 0 Å². The molecule has 5 heteroatoms. The lowest BCUT2D eigenvalue weighted by molar-refractivity contribution is 0.687. The van der Waals surface area contributed by atoms with Crippen LogP contribution in [0.15, 0.2) is 23.2 Å². The van der Waals surface area contributed by atoms with Gasteiger partial charge in [-0.25, -0.2) is 9.97 Å². The van der Waals surface area contributed by atoms with Crippen LogP contribution in [0.5, 0.6) is 0 Å². The number of hydrogen-bond donors (Lipinski definition) is 1. The second-order valence-corrected chi connectivity index (χ2v) is 4.72. The van der Waals surface area contributed by atoms with Crippen molar-refractivity contribution in [2.24, 2.45) is 0 Å². The van der Waals surface area contributed by atoms with Crippen molar-refractivity contribution >= 4 is 27.4 Å². The zero-order valence-electron chi connectivity index (χ0n) is 9.44. The highest BCUT2D eigenvalue weighted by Crippen LogP contribution is 2.18. The van der Waals surface area contributed by atoms with Gasteiger partial charge >= 0.3 is 0 Å². The van der Waals surface area contributed by atoms with Gasteiger partial charge in [0.1, 0.15) is 4.60 Å². The maximum atomic E-state index is 4.42. The molecule has 0 aliphatic rings. The maximum absolute atomic E-state index is 4.42. The first kappa shape index (κ1) is 11.4. The Kier molecular flexibility index (Phi) is 3.43. The number of anilines is 1. The molecule has 2 aromatic heterocycles. The quantitative estimate of drug-likeness (QED) is 0.937. The highest BCUT2D eigenvalue weighted by molar-refractivity contribution is 9.10. The standard InChI is InChI=1S/C11H15BrN4/c1-3-4-8(2)14-10-11-13-5-6-16(11)7-9(12)15-10/h5-8H,3-4H2,1-2H3,(H,14,15). The first-order valence-electron chi connectivity index (χ1n) is 5.46.